The SMILES string of the molecule is C=CCN1C(=O)/C(=C/c2ccc(Oc3ccc(F)cc3)c([N+](=O)[O-])c2)C(=O)NC1=S. The highest BCUT2D eigenvalue weighted by Crippen LogP contribution is 2.33. The van der Waals surface area contributed by atoms with E-state index in [9.17, 15) is 24.1 Å². The number of thiocarbonyl (C=S) groups is 1. The molecule has 2 aromatic rings. The molecule has 2 amide bonds. The molecule has 0 saturated carbocycles. The molecule has 8 nitrogen and oxygen atoms in total. The number of nitrogens with one attached hydrogen (secondary N) is 1. The number of hydrogen-bond acceptors (Lipinski definition) is 6. The maximum Gasteiger partial charge on any atom is 0.312 e. The fourth-order valence-corrected chi connectivity index (χ4v) is 2.89. The van der Waals surface area contributed by atoms with Crippen LogP contribution < -0.4 is 10.1 Å². The predicted molar refractivity (Wildman–Crippen MR) is 110 cm³/mol. The minimum atomic E-state index is -0.709. The number of carbonyl (C=O) groups excluding carboxylic acids is 2. The van der Waals surface area contributed by atoms with Gasteiger partial charge in [0.15, 0.2) is 5.11 Å². The third-order valence-corrected chi connectivity index (χ3v) is 4.35. The second-order valence-electron chi connectivity index (χ2n) is 6.06. The smallest absolute Gasteiger partial charge is 0.312 e. The van der Waals surface area contributed by atoms with Crippen molar-refractivity contribution < 1.29 is 23.6 Å². The van der Waals surface area contributed by atoms with Crippen LogP contribution in [0.1, 0.15) is 5.56 Å². The van der Waals surface area contributed by atoms with E-state index in [-0.39, 0.29) is 34.3 Å². The number of halogens is 1. The van der Waals surface area contributed by atoms with Gasteiger partial charge in [-0.05, 0) is 54.2 Å². The number of ether oxygens (including phenoxy) is 1. The Hall–Kier alpha value is -3.92. The summed E-state index contributed by atoms with van der Waals surface area (Å²) in [5.74, 6) is -1.69. The summed E-state index contributed by atoms with van der Waals surface area (Å²) in [4.78, 5) is 36.7. The van der Waals surface area contributed by atoms with Gasteiger partial charge in [0.2, 0.25) is 5.75 Å². The first kappa shape index (κ1) is 20.8. The van der Waals surface area contributed by atoms with Crippen LogP contribution in [0.15, 0.2) is 60.7 Å². The molecule has 1 fully saturated rings. The Labute approximate surface area is 175 Å². The van der Waals surface area contributed by atoms with Crippen molar-refractivity contribution in [1.29, 1.82) is 0 Å². The van der Waals surface area contributed by atoms with Crippen LogP contribution in [0, 0.1) is 15.9 Å². The number of nitrogens with zero attached hydrogens (tertiary/aromatic N) is 2. The molecule has 3 rings (SSSR count). The molecule has 0 aliphatic carbocycles. The van der Waals surface area contributed by atoms with Gasteiger partial charge in [-0.3, -0.25) is 29.9 Å². The van der Waals surface area contributed by atoms with Gasteiger partial charge < -0.3 is 4.74 Å². The van der Waals surface area contributed by atoms with E-state index < -0.39 is 28.2 Å². The third-order valence-electron chi connectivity index (χ3n) is 4.03. The lowest BCUT2D eigenvalue weighted by atomic mass is 10.1. The number of rotatable bonds is 6. The minimum absolute atomic E-state index is 0.0453. The van der Waals surface area contributed by atoms with Crippen molar-refractivity contribution in [3.05, 3.63) is 82.2 Å². The van der Waals surface area contributed by atoms with Crippen molar-refractivity contribution in [1.82, 2.24) is 10.2 Å². The van der Waals surface area contributed by atoms with Gasteiger partial charge in [-0.2, -0.15) is 0 Å². The number of nitro groups is 1. The quantitative estimate of drug-likeness (QED) is 0.189. The molecule has 0 bridgehead atoms. The van der Waals surface area contributed by atoms with Crippen molar-refractivity contribution in [3.8, 4) is 11.5 Å². The second-order valence-corrected chi connectivity index (χ2v) is 6.45. The van der Waals surface area contributed by atoms with Gasteiger partial charge in [0, 0.05) is 12.6 Å². The fourth-order valence-electron chi connectivity index (χ4n) is 2.64. The van der Waals surface area contributed by atoms with Crippen LogP contribution in [-0.2, 0) is 9.59 Å². The van der Waals surface area contributed by atoms with Crippen molar-refractivity contribution >= 4 is 40.9 Å². The molecular weight excluding hydrogens is 413 g/mol. The number of hydrogen-bond donors (Lipinski definition) is 1. The van der Waals surface area contributed by atoms with Gasteiger partial charge in [-0.25, -0.2) is 4.39 Å². The van der Waals surface area contributed by atoms with Crippen LogP contribution in [0.2, 0.25) is 0 Å². The lowest BCUT2D eigenvalue weighted by Gasteiger charge is -2.27. The molecule has 30 heavy (non-hydrogen) atoms. The van der Waals surface area contributed by atoms with Crippen molar-refractivity contribution in [2.24, 2.45) is 0 Å². The summed E-state index contributed by atoms with van der Waals surface area (Å²) >= 11 is 4.98. The second kappa shape index (κ2) is 8.62. The van der Waals surface area contributed by atoms with E-state index in [1.165, 1.54) is 36.4 Å². The van der Waals surface area contributed by atoms with Crippen molar-refractivity contribution in [2.75, 3.05) is 6.54 Å². The monoisotopic (exact) mass is 427 g/mol. The van der Waals surface area contributed by atoms with E-state index in [1.54, 1.807) is 0 Å². The summed E-state index contributed by atoms with van der Waals surface area (Å²) in [6.07, 6.45) is 2.68. The van der Waals surface area contributed by atoms with E-state index >= 15 is 0 Å². The summed E-state index contributed by atoms with van der Waals surface area (Å²) < 4.78 is 18.5. The van der Waals surface area contributed by atoms with Crippen LogP contribution in [0.4, 0.5) is 10.1 Å². The van der Waals surface area contributed by atoms with Crippen LogP contribution in [0.3, 0.4) is 0 Å². The lowest BCUT2D eigenvalue weighted by molar-refractivity contribution is -0.385. The number of benzene rings is 2. The van der Waals surface area contributed by atoms with Gasteiger partial charge in [-0.1, -0.05) is 12.1 Å². The average molecular weight is 427 g/mol. The molecule has 0 aromatic heterocycles. The van der Waals surface area contributed by atoms with Gasteiger partial charge >= 0.3 is 5.69 Å². The molecule has 1 saturated heterocycles. The molecule has 1 aliphatic rings. The van der Waals surface area contributed by atoms with Gasteiger partial charge in [0.05, 0.1) is 4.92 Å². The minimum Gasteiger partial charge on any atom is -0.450 e. The topological polar surface area (TPSA) is 102 Å². The molecule has 1 heterocycles. The summed E-state index contributed by atoms with van der Waals surface area (Å²) in [6, 6.07) is 8.92. The highest BCUT2D eigenvalue weighted by atomic mass is 32.1. The van der Waals surface area contributed by atoms with E-state index in [4.69, 9.17) is 17.0 Å². The Morgan fingerprint density at radius 1 is 1.23 bits per heavy atom. The zero-order valence-electron chi connectivity index (χ0n) is 15.3. The Morgan fingerprint density at radius 2 is 1.93 bits per heavy atom. The first-order valence-corrected chi connectivity index (χ1v) is 8.92. The maximum absolute atomic E-state index is 13.0. The number of carbonyl (C=O) groups is 2. The summed E-state index contributed by atoms with van der Waals surface area (Å²) in [5.41, 5.74) is -0.388. The molecule has 10 heteroatoms. The zero-order valence-corrected chi connectivity index (χ0v) is 16.1. The van der Waals surface area contributed by atoms with Crippen LogP contribution in [-0.4, -0.2) is 33.3 Å². The lowest BCUT2D eigenvalue weighted by Crippen LogP contribution is -2.53. The molecule has 0 spiro atoms. The highest BCUT2D eigenvalue weighted by molar-refractivity contribution is 7.80. The standard InChI is InChI=1S/C20H14FN3O5S/c1-2-9-23-19(26)15(18(25)22-20(23)30)10-12-3-8-17(16(11-12)24(27)28)29-14-6-4-13(21)5-7-14/h2-8,10-11H,1,9H2,(H,22,25,30)/b15-10+. The van der Waals surface area contributed by atoms with E-state index in [2.05, 4.69) is 11.9 Å². The Balaban J connectivity index is 1.95. The van der Waals surface area contributed by atoms with Crippen molar-refractivity contribution in [3.63, 3.8) is 0 Å². The third kappa shape index (κ3) is 4.39. The molecule has 0 radical (unpaired) electrons. The maximum atomic E-state index is 13.0. The van der Waals surface area contributed by atoms with Crippen LogP contribution in [0.5, 0.6) is 11.5 Å². The normalized spacial score (nSPS) is 15.2. The number of amides is 2. The molecule has 0 unspecified atom stereocenters. The summed E-state index contributed by atoms with van der Waals surface area (Å²) in [7, 11) is 0. The average Bonchev–Trinajstić information content (AvgIpc) is 2.71. The first-order chi connectivity index (χ1) is 14.3. The number of nitro benzene ring substituents is 1. The predicted octanol–water partition coefficient (Wildman–Crippen LogP) is 3.34. The summed E-state index contributed by atoms with van der Waals surface area (Å²) in [6.45, 7) is 3.63. The Bertz CT molecular complexity index is 1100. The molecule has 2 aromatic carbocycles. The first-order valence-electron chi connectivity index (χ1n) is 8.52. The Kier molecular flexibility index (Phi) is 5.98. The molecule has 152 valence electrons. The highest BCUT2D eigenvalue weighted by Gasteiger charge is 2.32. The van der Waals surface area contributed by atoms with Crippen LogP contribution in [0.25, 0.3) is 6.08 Å². The van der Waals surface area contributed by atoms with Crippen molar-refractivity contribution in [2.45, 2.75) is 0 Å². The molecule has 0 atom stereocenters. The zero-order chi connectivity index (χ0) is 21.8. The summed E-state index contributed by atoms with van der Waals surface area (Å²) in [5, 5.41) is 13.8. The van der Waals surface area contributed by atoms with E-state index in [1.807, 2.05) is 0 Å². The van der Waals surface area contributed by atoms with E-state index in [0.717, 1.165) is 23.1 Å². The molecular formula is C20H14FN3O5S. The van der Waals surface area contributed by atoms with E-state index in [0.29, 0.717) is 0 Å². The van der Waals surface area contributed by atoms with Gasteiger partial charge in [-0.15, -0.1) is 6.58 Å². The van der Waals surface area contributed by atoms with Gasteiger partial charge in [0.1, 0.15) is 17.1 Å². The van der Waals surface area contributed by atoms with Crippen LogP contribution >= 0.6 is 12.2 Å². The fraction of sp³-hybridized carbons (Fsp3) is 0.0500. The molecule has 1 aliphatic heterocycles. The van der Waals surface area contributed by atoms with Gasteiger partial charge in [0.25, 0.3) is 11.8 Å². The Morgan fingerprint density at radius 3 is 2.57 bits per heavy atom. The largest absolute Gasteiger partial charge is 0.450 e. The molecule has 1 N–H and O–H groups in total.